The van der Waals surface area contributed by atoms with Crippen molar-refractivity contribution in [2.75, 3.05) is 12.8 Å². The van der Waals surface area contributed by atoms with Crippen LogP contribution in [0.4, 0.5) is 5.82 Å². The number of nitrogens with two attached hydrogens (primary N) is 1. The first-order valence-electron chi connectivity index (χ1n) is 13.0. The number of aromatic nitrogens is 4. The average molecular weight is 501 g/mol. The fourth-order valence-electron chi connectivity index (χ4n) is 5.40. The molecule has 3 aromatic carbocycles. The van der Waals surface area contributed by atoms with Gasteiger partial charge in [-0.3, -0.25) is 4.90 Å². The fourth-order valence-corrected chi connectivity index (χ4v) is 5.40. The summed E-state index contributed by atoms with van der Waals surface area (Å²) in [6.07, 6.45) is 0.959. The molecule has 0 spiro atoms. The van der Waals surface area contributed by atoms with Crippen LogP contribution in [0.3, 0.4) is 0 Å². The second kappa shape index (κ2) is 9.80. The monoisotopic (exact) mass is 500 g/mol. The number of imidazole rings is 1. The third-order valence-electron chi connectivity index (χ3n) is 7.24. The zero-order valence-electron chi connectivity index (χ0n) is 22.0. The summed E-state index contributed by atoms with van der Waals surface area (Å²) in [4.78, 5) is 18.2. The van der Waals surface area contributed by atoms with E-state index < -0.39 is 0 Å². The van der Waals surface area contributed by atoms with Gasteiger partial charge in [-0.05, 0) is 68.3 Å². The molecule has 3 heterocycles. The number of H-pyrrole nitrogens is 2. The van der Waals surface area contributed by atoms with E-state index in [0.29, 0.717) is 11.5 Å². The Kier molecular flexibility index (Phi) is 6.18. The number of nitrogen functional groups attached to an aromatic ring is 1. The minimum Gasteiger partial charge on any atom is -0.384 e. The van der Waals surface area contributed by atoms with E-state index >= 15 is 0 Å². The van der Waals surface area contributed by atoms with Gasteiger partial charge in [-0.15, -0.1) is 0 Å². The lowest BCUT2D eigenvalue weighted by Crippen LogP contribution is -2.26. The highest BCUT2D eigenvalue weighted by atomic mass is 15.1. The number of nitrogens with zero attached hydrogens (tertiary/aromatic N) is 3. The number of aryl methyl sites for hydroxylation is 2. The van der Waals surface area contributed by atoms with Crippen LogP contribution in [0.2, 0.25) is 0 Å². The standard InChI is InChI=1S/C32H32N6/c1-20-8-7-11-24(14-20)29(16-22-9-5-4-6-10-22)38(3)19-23-12-13-27-25(15-23)17-28(36-27)26-18-30(33)37-32-31(26)34-21(2)35-32/h4-15,17-18,29,36H,16,19H2,1-3H3,(H3,33,34,35,37). The Balaban J connectivity index is 1.31. The molecule has 0 fully saturated rings. The molecule has 0 aliphatic heterocycles. The van der Waals surface area contributed by atoms with E-state index in [-0.39, 0.29) is 6.04 Å². The van der Waals surface area contributed by atoms with Crippen molar-refractivity contribution in [3.63, 3.8) is 0 Å². The normalized spacial score (nSPS) is 12.5. The average Bonchev–Trinajstić information content (AvgIpc) is 3.49. The molecule has 6 nitrogen and oxygen atoms in total. The quantitative estimate of drug-likeness (QED) is 0.227. The van der Waals surface area contributed by atoms with Crippen molar-refractivity contribution in [3.8, 4) is 11.3 Å². The van der Waals surface area contributed by atoms with E-state index in [2.05, 4.69) is 118 Å². The summed E-state index contributed by atoms with van der Waals surface area (Å²) in [5.74, 6) is 1.28. The van der Waals surface area contributed by atoms with Crippen LogP contribution in [0.1, 0.15) is 34.1 Å². The SMILES string of the molecule is Cc1cccc(C(Cc2ccccc2)N(C)Cc2ccc3[nH]c(-c4cc(N)nc5nc(C)[nH]c45)cc3c2)c1. The van der Waals surface area contributed by atoms with Crippen LogP contribution in [0.15, 0.2) is 84.9 Å². The molecule has 6 aromatic rings. The third kappa shape index (κ3) is 4.78. The molecule has 38 heavy (non-hydrogen) atoms. The van der Waals surface area contributed by atoms with Gasteiger partial charge in [-0.2, -0.15) is 0 Å². The molecule has 0 saturated heterocycles. The number of nitrogens with one attached hydrogen (secondary N) is 2. The molecule has 1 unspecified atom stereocenters. The maximum Gasteiger partial charge on any atom is 0.180 e. The lowest BCUT2D eigenvalue weighted by Gasteiger charge is -2.29. The largest absolute Gasteiger partial charge is 0.384 e. The summed E-state index contributed by atoms with van der Waals surface area (Å²) in [5.41, 5.74) is 15.9. The van der Waals surface area contributed by atoms with Crippen LogP contribution in [-0.2, 0) is 13.0 Å². The van der Waals surface area contributed by atoms with Crippen molar-refractivity contribution in [1.29, 1.82) is 0 Å². The van der Waals surface area contributed by atoms with E-state index in [4.69, 9.17) is 5.73 Å². The van der Waals surface area contributed by atoms with Crippen molar-refractivity contribution in [3.05, 3.63) is 113 Å². The third-order valence-corrected chi connectivity index (χ3v) is 7.24. The minimum atomic E-state index is 0.270. The van der Waals surface area contributed by atoms with Gasteiger partial charge in [-0.25, -0.2) is 9.97 Å². The van der Waals surface area contributed by atoms with E-state index in [0.717, 1.165) is 41.1 Å². The molecular formula is C32H32N6. The Bertz CT molecular complexity index is 1730. The number of fused-ring (bicyclic) bond motifs is 2. The fraction of sp³-hybridized carbons (Fsp3) is 0.188. The van der Waals surface area contributed by atoms with Crippen molar-refractivity contribution in [2.24, 2.45) is 0 Å². The van der Waals surface area contributed by atoms with Gasteiger partial charge in [-0.1, -0.05) is 66.2 Å². The summed E-state index contributed by atoms with van der Waals surface area (Å²) in [7, 11) is 2.22. The number of hydrogen-bond acceptors (Lipinski definition) is 4. The Morgan fingerprint density at radius 1 is 0.842 bits per heavy atom. The summed E-state index contributed by atoms with van der Waals surface area (Å²) in [6, 6.07) is 30.6. The Hall–Kier alpha value is -4.42. The van der Waals surface area contributed by atoms with Crippen molar-refractivity contribution in [1.82, 2.24) is 24.8 Å². The number of hydrogen-bond donors (Lipinski definition) is 3. The Morgan fingerprint density at radius 3 is 2.50 bits per heavy atom. The lowest BCUT2D eigenvalue weighted by atomic mass is 9.96. The highest BCUT2D eigenvalue weighted by Crippen LogP contribution is 2.32. The van der Waals surface area contributed by atoms with Gasteiger partial charge in [0.2, 0.25) is 0 Å². The molecule has 0 amide bonds. The van der Waals surface area contributed by atoms with Crippen LogP contribution in [0.5, 0.6) is 0 Å². The van der Waals surface area contributed by atoms with E-state index in [1.54, 1.807) is 0 Å². The number of likely N-dealkylation sites (N-methyl/N-ethyl adjacent to an activating group) is 1. The van der Waals surface area contributed by atoms with Gasteiger partial charge < -0.3 is 15.7 Å². The van der Waals surface area contributed by atoms with E-state index in [9.17, 15) is 0 Å². The van der Waals surface area contributed by atoms with Gasteiger partial charge in [0.25, 0.3) is 0 Å². The highest BCUT2D eigenvalue weighted by Gasteiger charge is 2.19. The molecule has 6 rings (SSSR count). The van der Waals surface area contributed by atoms with Crippen LogP contribution < -0.4 is 5.73 Å². The smallest absolute Gasteiger partial charge is 0.180 e. The van der Waals surface area contributed by atoms with Crippen LogP contribution in [0.25, 0.3) is 33.3 Å². The lowest BCUT2D eigenvalue weighted by molar-refractivity contribution is 0.235. The topological polar surface area (TPSA) is 86.6 Å². The van der Waals surface area contributed by atoms with Gasteiger partial charge in [0.05, 0.1) is 5.52 Å². The molecule has 1 atom stereocenters. The second-order valence-corrected chi connectivity index (χ2v) is 10.3. The zero-order valence-corrected chi connectivity index (χ0v) is 22.0. The molecule has 190 valence electrons. The molecule has 0 aliphatic carbocycles. The van der Waals surface area contributed by atoms with Gasteiger partial charge in [0.15, 0.2) is 5.65 Å². The first-order valence-corrected chi connectivity index (χ1v) is 13.0. The molecule has 4 N–H and O–H groups in total. The van der Waals surface area contributed by atoms with E-state index in [1.807, 2.05) is 13.0 Å². The van der Waals surface area contributed by atoms with Crippen LogP contribution >= 0.6 is 0 Å². The van der Waals surface area contributed by atoms with Gasteiger partial charge in [0, 0.05) is 34.7 Å². The first kappa shape index (κ1) is 23.9. The molecular weight excluding hydrogens is 468 g/mol. The van der Waals surface area contributed by atoms with Crippen molar-refractivity contribution >= 4 is 27.9 Å². The number of benzene rings is 3. The minimum absolute atomic E-state index is 0.270. The number of aromatic amines is 2. The van der Waals surface area contributed by atoms with Crippen LogP contribution in [0, 0.1) is 13.8 Å². The van der Waals surface area contributed by atoms with E-state index in [1.165, 1.54) is 27.6 Å². The second-order valence-electron chi connectivity index (χ2n) is 10.3. The number of rotatable bonds is 7. The predicted octanol–water partition coefficient (Wildman–Crippen LogP) is 6.72. The van der Waals surface area contributed by atoms with Crippen molar-refractivity contribution in [2.45, 2.75) is 32.9 Å². The number of pyridine rings is 1. The predicted molar refractivity (Wildman–Crippen MR) is 156 cm³/mol. The molecule has 0 bridgehead atoms. The summed E-state index contributed by atoms with van der Waals surface area (Å²) in [5, 5.41) is 1.17. The molecule has 6 heteroatoms. The summed E-state index contributed by atoms with van der Waals surface area (Å²) >= 11 is 0. The maximum absolute atomic E-state index is 6.10. The Labute approximate surface area is 222 Å². The molecule has 0 saturated carbocycles. The highest BCUT2D eigenvalue weighted by molar-refractivity contribution is 5.95. The maximum atomic E-state index is 6.10. The van der Waals surface area contributed by atoms with Gasteiger partial charge in [0.1, 0.15) is 11.6 Å². The zero-order chi connectivity index (χ0) is 26.2. The molecule has 3 aromatic heterocycles. The summed E-state index contributed by atoms with van der Waals surface area (Å²) in [6.45, 7) is 4.93. The first-order chi connectivity index (χ1) is 18.4. The number of anilines is 1. The van der Waals surface area contributed by atoms with Crippen LogP contribution in [-0.4, -0.2) is 31.9 Å². The molecule has 0 radical (unpaired) electrons. The van der Waals surface area contributed by atoms with Gasteiger partial charge >= 0.3 is 0 Å². The molecule has 0 aliphatic rings. The van der Waals surface area contributed by atoms with Crippen molar-refractivity contribution < 1.29 is 0 Å². The summed E-state index contributed by atoms with van der Waals surface area (Å²) < 4.78 is 0. The Morgan fingerprint density at radius 2 is 1.68 bits per heavy atom.